The molecule has 90 valence electrons. The summed E-state index contributed by atoms with van der Waals surface area (Å²) in [6.07, 6.45) is 7.27. The lowest BCUT2D eigenvalue weighted by atomic mass is 9.88. The molecule has 0 bridgehead atoms. The summed E-state index contributed by atoms with van der Waals surface area (Å²) in [6.45, 7) is 7.07. The molecule has 1 aliphatic rings. The minimum Gasteiger partial charge on any atom is -0.306 e. The Labute approximate surface area is 101 Å². The van der Waals surface area contributed by atoms with E-state index in [-0.39, 0.29) is 0 Å². The summed E-state index contributed by atoms with van der Waals surface area (Å²) in [4.78, 5) is 2.51. The van der Waals surface area contributed by atoms with Gasteiger partial charge < -0.3 is 4.90 Å². The van der Waals surface area contributed by atoms with Gasteiger partial charge in [-0.25, -0.2) is 0 Å². The van der Waals surface area contributed by atoms with E-state index in [1.54, 1.807) is 0 Å². The summed E-state index contributed by atoms with van der Waals surface area (Å²) < 4.78 is 0. The molecule has 0 atom stereocenters. The Morgan fingerprint density at radius 1 is 1.20 bits per heavy atom. The second kappa shape index (κ2) is 6.15. The Morgan fingerprint density at radius 3 is 2.33 bits per heavy atom. The molecular formula is C13H27NS. The van der Waals surface area contributed by atoms with Crippen LogP contribution in [0.1, 0.15) is 46.0 Å². The summed E-state index contributed by atoms with van der Waals surface area (Å²) in [5, 5.41) is 0. The molecule has 0 heterocycles. The van der Waals surface area contributed by atoms with Gasteiger partial charge in [0.2, 0.25) is 0 Å². The molecule has 15 heavy (non-hydrogen) atoms. The average Bonchev–Trinajstić information content (AvgIpc) is 2.18. The highest BCUT2D eigenvalue weighted by atomic mass is 32.1. The topological polar surface area (TPSA) is 3.24 Å². The van der Waals surface area contributed by atoms with Crippen molar-refractivity contribution in [3.8, 4) is 0 Å². The van der Waals surface area contributed by atoms with E-state index in [2.05, 4.69) is 38.4 Å². The van der Waals surface area contributed by atoms with Crippen LogP contribution in [0.2, 0.25) is 0 Å². The van der Waals surface area contributed by atoms with E-state index in [4.69, 9.17) is 0 Å². The lowest BCUT2D eigenvalue weighted by Gasteiger charge is -2.32. The Balaban J connectivity index is 2.25. The van der Waals surface area contributed by atoms with Gasteiger partial charge in [0.1, 0.15) is 0 Å². The highest BCUT2D eigenvalue weighted by Gasteiger charge is 2.21. The molecular weight excluding hydrogens is 202 g/mol. The second-order valence-electron chi connectivity index (χ2n) is 6.02. The van der Waals surface area contributed by atoms with Gasteiger partial charge >= 0.3 is 0 Å². The third kappa shape index (κ3) is 5.26. The lowest BCUT2D eigenvalue weighted by molar-refractivity contribution is 0.182. The van der Waals surface area contributed by atoms with E-state index in [9.17, 15) is 0 Å². The molecule has 1 fully saturated rings. The lowest BCUT2D eigenvalue weighted by Crippen LogP contribution is -2.36. The van der Waals surface area contributed by atoms with Crippen molar-refractivity contribution in [2.45, 2.75) is 46.0 Å². The van der Waals surface area contributed by atoms with Crippen LogP contribution in [0.4, 0.5) is 0 Å². The Kier molecular flexibility index (Phi) is 5.48. The maximum Gasteiger partial charge on any atom is 0.00376 e. The Bertz CT molecular complexity index is 173. The molecule has 1 saturated carbocycles. The van der Waals surface area contributed by atoms with E-state index < -0.39 is 0 Å². The zero-order valence-corrected chi connectivity index (χ0v) is 11.5. The molecule has 0 saturated heterocycles. The van der Waals surface area contributed by atoms with Gasteiger partial charge in [-0.15, -0.1) is 0 Å². The third-order valence-corrected chi connectivity index (χ3v) is 4.28. The van der Waals surface area contributed by atoms with Crippen molar-refractivity contribution in [3.05, 3.63) is 0 Å². The van der Waals surface area contributed by atoms with Gasteiger partial charge in [0.05, 0.1) is 0 Å². The van der Waals surface area contributed by atoms with Crippen LogP contribution < -0.4 is 0 Å². The average molecular weight is 229 g/mol. The van der Waals surface area contributed by atoms with Crippen molar-refractivity contribution < 1.29 is 0 Å². The molecule has 0 aromatic heterocycles. The SMILES string of the molecule is CN(CC1CCCCC1)CC(C)(C)CS. The first kappa shape index (κ1) is 13.4. The molecule has 0 aliphatic heterocycles. The minimum absolute atomic E-state index is 0.354. The summed E-state index contributed by atoms with van der Waals surface area (Å²) in [6, 6.07) is 0. The molecule has 1 aliphatic carbocycles. The molecule has 0 aromatic carbocycles. The van der Waals surface area contributed by atoms with Crippen LogP contribution in [0, 0.1) is 11.3 Å². The first-order valence-electron chi connectivity index (χ1n) is 6.33. The fourth-order valence-electron chi connectivity index (χ4n) is 2.66. The highest BCUT2D eigenvalue weighted by molar-refractivity contribution is 7.80. The van der Waals surface area contributed by atoms with Gasteiger partial charge in [0, 0.05) is 13.1 Å². The molecule has 1 nitrogen and oxygen atoms in total. The standard InChI is InChI=1S/C13H27NS/c1-13(2,11-15)10-14(3)9-12-7-5-4-6-8-12/h12,15H,4-11H2,1-3H3. The number of rotatable bonds is 5. The third-order valence-electron chi connectivity index (χ3n) is 3.42. The van der Waals surface area contributed by atoms with Crippen LogP contribution in [-0.2, 0) is 0 Å². The number of hydrogen-bond acceptors (Lipinski definition) is 2. The van der Waals surface area contributed by atoms with Gasteiger partial charge in [-0.1, -0.05) is 33.1 Å². The van der Waals surface area contributed by atoms with Crippen LogP contribution in [0.5, 0.6) is 0 Å². The predicted octanol–water partition coefficient (Wildman–Crippen LogP) is 3.45. The zero-order chi connectivity index (χ0) is 11.3. The van der Waals surface area contributed by atoms with Crippen LogP contribution in [-0.4, -0.2) is 30.8 Å². The predicted molar refractivity (Wildman–Crippen MR) is 71.7 cm³/mol. The van der Waals surface area contributed by atoms with Crippen molar-refractivity contribution >= 4 is 12.6 Å². The molecule has 1 rings (SSSR count). The number of nitrogens with zero attached hydrogens (tertiary/aromatic N) is 1. The summed E-state index contributed by atoms with van der Waals surface area (Å²) in [7, 11) is 2.26. The van der Waals surface area contributed by atoms with Gasteiger partial charge in [-0.3, -0.25) is 0 Å². The monoisotopic (exact) mass is 229 g/mol. The first-order chi connectivity index (χ1) is 7.03. The molecule has 2 heteroatoms. The van der Waals surface area contributed by atoms with Gasteiger partial charge in [-0.2, -0.15) is 12.6 Å². The van der Waals surface area contributed by atoms with Gasteiger partial charge in [-0.05, 0) is 37.0 Å². The normalized spacial score (nSPS) is 19.8. The second-order valence-corrected chi connectivity index (χ2v) is 6.34. The van der Waals surface area contributed by atoms with E-state index >= 15 is 0 Å². The Morgan fingerprint density at radius 2 is 1.80 bits per heavy atom. The van der Waals surface area contributed by atoms with E-state index in [1.807, 2.05) is 0 Å². The molecule has 0 aromatic rings. The highest BCUT2D eigenvalue weighted by Crippen LogP contribution is 2.25. The Hall–Kier alpha value is 0.310. The minimum atomic E-state index is 0.354. The van der Waals surface area contributed by atoms with E-state index in [0.29, 0.717) is 5.41 Å². The van der Waals surface area contributed by atoms with Gasteiger partial charge in [0.25, 0.3) is 0 Å². The van der Waals surface area contributed by atoms with Crippen LogP contribution in [0.15, 0.2) is 0 Å². The summed E-state index contributed by atoms with van der Waals surface area (Å²) >= 11 is 4.42. The van der Waals surface area contributed by atoms with Crippen LogP contribution in [0.25, 0.3) is 0 Å². The van der Waals surface area contributed by atoms with Gasteiger partial charge in [0.15, 0.2) is 0 Å². The first-order valence-corrected chi connectivity index (χ1v) is 6.96. The number of thiol groups is 1. The summed E-state index contributed by atoms with van der Waals surface area (Å²) in [5.74, 6) is 1.93. The quantitative estimate of drug-likeness (QED) is 0.707. The molecule has 0 radical (unpaired) electrons. The maximum atomic E-state index is 4.42. The maximum absolute atomic E-state index is 4.42. The molecule has 0 N–H and O–H groups in total. The van der Waals surface area contributed by atoms with E-state index in [1.165, 1.54) is 45.2 Å². The molecule has 0 unspecified atom stereocenters. The van der Waals surface area contributed by atoms with Crippen molar-refractivity contribution in [3.63, 3.8) is 0 Å². The van der Waals surface area contributed by atoms with Crippen molar-refractivity contribution in [2.24, 2.45) is 11.3 Å². The summed E-state index contributed by atoms with van der Waals surface area (Å²) in [5.41, 5.74) is 0.354. The molecule has 0 amide bonds. The fourth-order valence-corrected chi connectivity index (χ4v) is 2.76. The van der Waals surface area contributed by atoms with Crippen molar-refractivity contribution in [1.82, 2.24) is 4.90 Å². The number of hydrogen-bond donors (Lipinski definition) is 1. The molecule has 0 spiro atoms. The zero-order valence-electron chi connectivity index (χ0n) is 10.6. The van der Waals surface area contributed by atoms with Crippen LogP contribution >= 0.6 is 12.6 Å². The van der Waals surface area contributed by atoms with Crippen molar-refractivity contribution in [1.29, 1.82) is 0 Å². The van der Waals surface area contributed by atoms with Crippen LogP contribution in [0.3, 0.4) is 0 Å². The van der Waals surface area contributed by atoms with E-state index in [0.717, 1.165) is 11.7 Å². The van der Waals surface area contributed by atoms with Crippen molar-refractivity contribution in [2.75, 3.05) is 25.9 Å². The largest absolute Gasteiger partial charge is 0.306 e. The fraction of sp³-hybridized carbons (Fsp3) is 1.00. The smallest absolute Gasteiger partial charge is 0.00376 e.